The number of aliphatic carboxylic acids is 1. The van der Waals surface area contributed by atoms with Crippen molar-refractivity contribution in [3.8, 4) is 22.4 Å². The summed E-state index contributed by atoms with van der Waals surface area (Å²) in [5.41, 5.74) is 6.15. The van der Waals surface area contributed by atoms with Crippen LogP contribution in [0.3, 0.4) is 0 Å². The SMILES string of the molecule is O=C(O)CCc1ccc(-c2csc3c(-c4ccc(NC(=O)Nc5cc(Cl)ccn5)cc4)ncnc23)cc1. The fraction of sp³-hybridized carbons (Fsp3) is 0.0741. The molecule has 0 radical (unpaired) electrons. The molecular weight excluding hydrogens is 510 g/mol. The van der Waals surface area contributed by atoms with Crippen LogP contribution in [-0.2, 0) is 11.2 Å². The molecule has 3 aromatic heterocycles. The highest BCUT2D eigenvalue weighted by Crippen LogP contribution is 2.37. The fourth-order valence-corrected chi connectivity index (χ4v) is 5.03. The Morgan fingerprint density at radius 3 is 2.41 bits per heavy atom. The lowest BCUT2D eigenvalue weighted by Crippen LogP contribution is -2.19. The highest BCUT2D eigenvalue weighted by Gasteiger charge is 2.14. The first kappa shape index (κ1) is 24.4. The van der Waals surface area contributed by atoms with E-state index >= 15 is 0 Å². The van der Waals surface area contributed by atoms with Crippen molar-refractivity contribution in [1.82, 2.24) is 15.0 Å². The van der Waals surface area contributed by atoms with Crippen LogP contribution in [0.2, 0.25) is 5.02 Å². The van der Waals surface area contributed by atoms with Crippen molar-refractivity contribution in [2.24, 2.45) is 0 Å². The number of aryl methyl sites for hydroxylation is 1. The molecule has 37 heavy (non-hydrogen) atoms. The van der Waals surface area contributed by atoms with Gasteiger partial charge >= 0.3 is 12.0 Å². The summed E-state index contributed by atoms with van der Waals surface area (Å²) in [4.78, 5) is 36.2. The van der Waals surface area contributed by atoms with Gasteiger partial charge in [-0.3, -0.25) is 10.1 Å². The van der Waals surface area contributed by atoms with Crippen molar-refractivity contribution < 1.29 is 14.7 Å². The third-order valence-electron chi connectivity index (χ3n) is 5.63. The van der Waals surface area contributed by atoms with Gasteiger partial charge in [-0.1, -0.05) is 48.0 Å². The molecular formula is C27H20ClN5O3S. The van der Waals surface area contributed by atoms with E-state index in [2.05, 4.69) is 31.0 Å². The Morgan fingerprint density at radius 2 is 1.68 bits per heavy atom. The summed E-state index contributed by atoms with van der Waals surface area (Å²) in [6.07, 6.45) is 3.67. The Bertz CT molecular complexity index is 1590. The minimum atomic E-state index is -0.806. The zero-order valence-electron chi connectivity index (χ0n) is 19.3. The quantitative estimate of drug-likeness (QED) is 0.215. The number of aromatic nitrogens is 3. The Morgan fingerprint density at radius 1 is 0.919 bits per heavy atom. The van der Waals surface area contributed by atoms with E-state index in [1.165, 1.54) is 6.20 Å². The third-order valence-corrected chi connectivity index (χ3v) is 6.84. The summed E-state index contributed by atoms with van der Waals surface area (Å²) >= 11 is 7.50. The third kappa shape index (κ3) is 5.74. The van der Waals surface area contributed by atoms with Gasteiger partial charge in [0.2, 0.25) is 0 Å². The number of halogens is 1. The first-order chi connectivity index (χ1) is 18.0. The van der Waals surface area contributed by atoms with Crippen LogP contribution in [0.5, 0.6) is 0 Å². The molecule has 3 heterocycles. The number of amides is 2. The average molecular weight is 530 g/mol. The zero-order chi connectivity index (χ0) is 25.8. The lowest BCUT2D eigenvalue weighted by molar-refractivity contribution is -0.136. The zero-order valence-corrected chi connectivity index (χ0v) is 20.9. The van der Waals surface area contributed by atoms with Gasteiger partial charge in [0.15, 0.2) is 0 Å². The minimum absolute atomic E-state index is 0.107. The number of hydrogen-bond acceptors (Lipinski definition) is 6. The number of hydrogen-bond donors (Lipinski definition) is 3. The molecule has 0 atom stereocenters. The first-order valence-electron chi connectivity index (χ1n) is 11.3. The summed E-state index contributed by atoms with van der Waals surface area (Å²) < 4.78 is 0.956. The van der Waals surface area contributed by atoms with Crippen LogP contribution in [0.15, 0.2) is 78.6 Å². The van der Waals surface area contributed by atoms with Crippen LogP contribution in [0.4, 0.5) is 16.3 Å². The predicted molar refractivity (Wildman–Crippen MR) is 146 cm³/mol. The highest BCUT2D eigenvalue weighted by atomic mass is 35.5. The smallest absolute Gasteiger partial charge is 0.324 e. The van der Waals surface area contributed by atoms with Gasteiger partial charge in [-0.05, 0) is 41.8 Å². The molecule has 10 heteroatoms. The molecule has 8 nitrogen and oxygen atoms in total. The van der Waals surface area contributed by atoms with Gasteiger partial charge in [0, 0.05) is 39.8 Å². The number of rotatable bonds is 7. The number of anilines is 2. The van der Waals surface area contributed by atoms with Crippen molar-refractivity contribution >= 4 is 56.7 Å². The fourth-order valence-electron chi connectivity index (χ4n) is 3.83. The molecule has 0 aliphatic carbocycles. The number of nitrogens with one attached hydrogen (secondary N) is 2. The van der Waals surface area contributed by atoms with E-state index in [4.69, 9.17) is 16.7 Å². The van der Waals surface area contributed by atoms with E-state index in [1.807, 2.05) is 36.4 Å². The number of carboxylic acid groups (broad SMARTS) is 1. The van der Waals surface area contributed by atoms with E-state index in [-0.39, 0.29) is 6.42 Å². The van der Waals surface area contributed by atoms with E-state index < -0.39 is 12.0 Å². The van der Waals surface area contributed by atoms with Crippen LogP contribution in [0, 0.1) is 0 Å². The van der Waals surface area contributed by atoms with Gasteiger partial charge in [-0.25, -0.2) is 19.7 Å². The van der Waals surface area contributed by atoms with Crippen LogP contribution in [0.25, 0.3) is 32.6 Å². The van der Waals surface area contributed by atoms with E-state index in [0.29, 0.717) is 22.9 Å². The Balaban J connectivity index is 1.33. The van der Waals surface area contributed by atoms with Crippen LogP contribution < -0.4 is 10.6 Å². The number of urea groups is 1. The van der Waals surface area contributed by atoms with Gasteiger partial charge in [0.25, 0.3) is 0 Å². The van der Waals surface area contributed by atoms with Gasteiger partial charge in [0.05, 0.1) is 15.9 Å². The largest absolute Gasteiger partial charge is 0.481 e. The first-order valence-corrected chi connectivity index (χ1v) is 12.6. The molecule has 0 aliphatic heterocycles. The lowest BCUT2D eigenvalue weighted by atomic mass is 10.0. The number of carboxylic acids is 1. The normalized spacial score (nSPS) is 10.8. The molecule has 0 spiro atoms. The molecule has 0 fully saturated rings. The summed E-state index contributed by atoms with van der Waals surface area (Å²) in [5.74, 6) is -0.451. The maximum Gasteiger partial charge on any atom is 0.324 e. The number of nitrogens with zero attached hydrogens (tertiary/aromatic N) is 3. The van der Waals surface area contributed by atoms with Crippen molar-refractivity contribution in [2.75, 3.05) is 10.6 Å². The van der Waals surface area contributed by atoms with Gasteiger partial charge in [-0.15, -0.1) is 11.3 Å². The number of thiophene rings is 1. The van der Waals surface area contributed by atoms with Crippen molar-refractivity contribution in [2.45, 2.75) is 12.8 Å². The second-order valence-electron chi connectivity index (χ2n) is 8.16. The van der Waals surface area contributed by atoms with E-state index in [0.717, 1.165) is 38.2 Å². The summed E-state index contributed by atoms with van der Waals surface area (Å²) in [7, 11) is 0. The molecule has 5 aromatic rings. The average Bonchev–Trinajstić information content (AvgIpc) is 3.33. The summed E-state index contributed by atoms with van der Waals surface area (Å²) in [6, 6.07) is 18.1. The maximum atomic E-state index is 12.3. The minimum Gasteiger partial charge on any atom is -0.481 e. The molecule has 2 amide bonds. The Kier molecular flexibility index (Phi) is 7.07. The number of pyridine rings is 1. The van der Waals surface area contributed by atoms with Crippen molar-refractivity contribution in [3.05, 3.63) is 89.2 Å². The predicted octanol–water partition coefficient (Wildman–Crippen LogP) is 6.73. The monoisotopic (exact) mass is 529 g/mol. The van der Waals surface area contributed by atoms with E-state index in [9.17, 15) is 9.59 Å². The topological polar surface area (TPSA) is 117 Å². The van der Waals surface area contributed by atoms with Crippen molar-refractivity contribution in [1.29, 1.82) is 0 Å². The van der Waals surface area contributed by atoms with Gasteiger partial charge in [0.1, 0.15) is 12.1 Å². The molecule has 0 unspecified atom stereocenters. The number of carbonyl (C=O) groups excluding carboxylic acids is 1. The Labute approximate surface area is 221 Å². The standard InChI is InChI=1S/C27H20ClN5O3S/c28-19-11-12-29-22(13-19)33-27(36)32-20-8-6-18(7-9-20)24-26-25(31-15-30-24)21(14-37-26)17-4-1-16(2-5-17)3-10-23(34)35/h1-2,4-9,11-15H,3,10H2,(H,34,35)(H2,29,32,33,36). The Hall–Kier alpha value is -4.34. The molecule has 0 saturated carbocycles. The molecule has 0 saturated heterocycles. The molecule has 5 rings (SSSR count). The molecule has 2 aromatic carbocycles. The van der Waals surface area contributed by atoms with Gasteiger partial charge < -0.3 is 10.4 Å². The van der Waals surface area contributed by atoms with Crippen LogP contribution >= 0.6 is 22.9 Å². The summed E-state index contributed by atoms with van der Waals surface area (Å²) in [6.45, 7) is 0. The van der Waals surface area contributed by atoms with Crippen LogP contribution in [0.1, 0.15) is 12.0 Å². The number of benzene rings is 2. The second-order valence-corrected chi connectivity index (χ2v) is 9.47. The number of fused-ring (bicyclic) bond motifs is 1. The molecule has 0 bridgehead atoms. The second kappa shape index (κ2) is 10.7. The van der Waals surface area contributed by atoms with Gasteiger partial charge in [-0.2, -0.15) is 0 Å². The summed E-state index contributed by atoms with van der Waals surface area (Å²) in [5, 5.41) is 16.9. The van der Waals surface area contributed by atoms with E-state index in [1.54, 1.807) is 41.9 Å². The molecule has 184 valence electrons. The maximum absolute atomic E-state index is 12.3. The molecule has 0 aliphatic rings. The van der Waals surface area contributed by atoms with Crippen molar-refractivity contribution in [3.63, 3.8) is 0 Å². The van der Waals surface area contributed by atoms with Crippen LogP contribution in [-0.4, -0.2) is 32.1 Å². The number of carbonyl (C=O) groups is 2. The highest BCUT2D eigenvalue weighted by molar-refractivity contribution is 7.18. The molecule has 3 N–H and O–H groups in total. The lowest BCUT2D eigenvalue weighted by Gasteiger charge is -2.08.